The van der Waals surface area contributed by atoms with Crippen molar-refractivity contribution in [2.75, 3.05) is 24.5 Å². The molecule has 0 aromatic carbocycles. The Labute approximate surface area is 198 Å². The third kappa shape index (κ3) is 5.94. The molecule has 0 radical (unpaired) electrons. The standard InChI is InChI=1S/C21H27N7S.HI/c1-2-22-21(26-18-7-12-27(13-8-18)20-5-3-14-29-20)24-16-17-6-10-23-19(15-17)28-11-4-9-25-28;/h3-6,9-11,14-15,18H,2,7-8,12-13,16H2,1H3,(H2,22,24,26);1H. The van der Waals surface area contributed by atoms with Crippen molar-refractivity contribution in [3.05, 3.63) is 59.9 Å². The molecule has 1 aliphatic heterocycles. The first-order valence-corrected chi connectivity index (χ1v) is 11.0. The second kappa shape index (κ2) is 11.3. The lowest BCUT2D eigenvalue weighted by atomic mass is 10.1. The minimum Gasteiger partial charge on any atom is -0.363 e. The molecule has 2 N–H and O–H groups in total. The molecular weight excluding hydrogens is 509 g/mol. The first-order chi connectivity index (χ1) is 14.3. The van der Waals surface area contributed by atoms with Crippen molar-refractivity contribution in [3.8, 4) is 5.82 Å². The lowest BCUT2D eigenvalue weighted by Crippen LogP contribution is -2.48. The van der Waals surface area contributed by atoms with Crippen LogP contribution < -0.4 is 15.5 Å². The highest BCUT2D eigenvalue weighted by molar-refractivity contribution is 14.0. The van der Waals surface area contributed by atoms with E-state index >= 15 is 0 Å². The number of thiophene rings is 1. The van der Waals surface area contributed by atoms with Crippen LogP contribution in [0.1, 0.15) is 25.3 Å². The molecule has 0 saturated carbocycles. The zero-order valence-corrected chi connectivity index (χ0v) is 20.2. The molecule has 160 valence electrons. The summed E-state index contributed by atoms with van der Waals surface area (Å²) in [7, 11) is 0. The average Bonchev–Trinajstić information content (AvgIpc) is 3.47. The number of halogens is 1. The molecule has 1 fully saturated rings. The molecule has 1 aliphatic rings. The third-order valence-corrected chi connectivity index (χ3v) is 5.90. The number of guanidine groups is 1. The van der Waals surface area contributed by atoms with Crippen LogP contribution in [0, 0.1) is 0 Å². The second-order valence-corrected chi connectivity index (χ2v) is 7.95. The number of anilines is 1. The molecule has 0 bridgehead atoms. The van der Waals surface area contributed by atoms with Crippen LogP contribution in [0.5, 0.6) is 0 Å². The van der Waals surface area contributed by atoms with Gasteiger partial charge in [-0.2, -0.15) is 5.10 Å². The van der Waals surface area contributed by atoms with E-state index in [2.05, 4.69) is 50.1 Å². The van der Waals surface area contributed by atoms with Gasteiger partial charge in [0.1, 0.15) is 0 Å². The minimum atomic E-state index is 0. The lowest BCUT2D eigenvalue weighted by molar-refractivity contribution is 0.463. The Kier molecular flexibility index (Phi) is 8.50. The highest BCUT2D eigenvalue weighted by Gasteiger charge is 2.20. The van der Waals surface area contributed by atoms with Crippen molar-refractivity contribution >= 4 is 46.3 Å². The summed E-state index contributed by atoms with van der Waals surface area (Å²) in [5.41, 5.74) is 1.11. The van der Waals surface area contributed by atoms with Crippen LogP contribution in [0.25, 0.3) is 5.82 Å². The quantitative estimate of drug-likeness (QED) is 0.285. The van der Waals surface area contributed by atoms with Crippen LogP contribution >= 0.6 is 35.3 Å². The predicted octanol–water partition coefficient (Wildman–Crippen LogP) is 3.67. The smallest absolute Gasteiger partial charge is 0.191 e. The van der Waals surface area contributed by atoms with Gasteiger partial charge in [0.25, 0.3) is 0 Å². The third-order valence-electron chi connectivity index (χ3n) is 4.97. The number of nitrogens with one attached hydrogen (secondary N) is 2. The Balaban J connectivity index is 0.00000256. The van der Waals surface area contributed by atoms with Crippen molar-refractivity contribution < 1.29 is 0 Å². The van der Waals surface area contributed by atoms with Crippen LogP contribution in [-0.4, -0.2) is 46.4 Å². The normalized spacial score (nSPS) is 15.0. The SMILES string of the molecule is CCNC(=NCc1ccnc(-n2cccn2)c1)NC1CCN(c2cccs2)CC1.I. The number of pyridine rings is 1. The summed E-state index contributed by atoms with van der Waals surface area (Å²) >= 11 is 1.82. The zero-order valence-electron chi connectivity index (χ0n) is 17.1. The van der Waals surface area contributed by atoms with E-state index in [9.17, 15) is 0 Å². The fourth-order valence-corrected chi connectivity index (χ4v) is 4.25. The van der Waals surface area contributed by atoms with Crippen molar-refractivity contribution in [2.24, 2.45) is 4.99 Å². The van der Waals surface area contributed by atoms with Crippen LogP contribution in [0.3, 0.4) is 0 Å². The Hall–Kier alpha value is -2.14. The van der Waals surface area contributed by atoms with Gasteiger partial charge in [-0.1, -0.05) is 0 Å². The number of rotatable bonds is 6. The Morgan fingerprint density at radius 2 is 2.10 bits per heavy atom. The van der Waals surface area contributed by atoms with E-state index < -0.39 is 0 Å². The summed E-state index contributed by atoms with van der Waals surface area (Å²) in [6.07, 6.45) is 7.68. The van der Waals surface area contributed by atoms with Crippen LogP contribution in [0.4, 0.5) is 5.00 Å². The summed E-state index contributed by atoms with van der Waals surface area (Å²) in [5, 5.41) is 14.8. The van der Waals surface area contributed by atoms with E-state index in [1.807, 2.05) is 41.9 Å². The van der Waals surface area contributed by atoms with Gasteiger partial charge in [-0.3, -0.25) is 0 Å². The summed E-state index contributed by atoms with van der Waals surface area (Å²) in [4.78, 5) is 11.7. The maximum Gasteiger partial charge on any atom is 0.191 e. The predicted molar refractivity (Wildman–Crippen MR) is 134 cm³/mol. The second-order valence-electron chi connectivity index (χ2n) is 7.03. The number of hydrogen-bond acceptors (Lipinski definition) is 5. The number of aromatic nitrogens is 3. The highest BCUT2D eigenvalue weighted by atomic mass is 127. The van der Waals surface area contributed by atoms with Gasteiger partial charge in [-0.15, -0.1) is 35.3 Å². The molecule has 0 aliphatic carbocycles. The number of piperidine rings is 1. The topological polar surface area (TPSA) is 70.4 Å². The molecule has 0 spiro atoms. The molecule has 0 amide bonds. The number of aliphatic imine (C=N–C) groups is 1. The van der Waals surface area contributed by atoms with Gasteiger partial charge in [0.2, 0.25) is 0 Å². The molecule has 7 nitrogen and oxygen atoms in total. The Bertz CT molecular complexity index is 903. The van der Waals surface area contributed by atoms with Gasteiger partial charge < -0.3 is 15.5 Å². The van der Waals surface area contributed by atoms with Gasteiger partial charge >= 0.3 is 0 Å². The van der Waals surface area contributed by atoms with E-state index in [1.54, 1.807) is 10.9 Å². The molecule has 0 unspecified atom stereocenters. The molecule has 30 heavy (non-hydrogen) atoms. The zero-order chi connectivity index (χ0) is 19.9. The largest absolute Gasteiger partial charge is 0.363 e. The maximum atomic E-state index is 4.79. The molecule has 0 atom stereocenters. The van der Waals surface area contributed by atoms with E-state index in [-0.39, 0.29) is 24.0 Å². The molecule has 3 aromatic rings. The molecule has 4 rings (SSSR count). The lowest BCUT2D eigenvalue weighted by Gasteiger charge is -2.33. The maximum absolute atomic E-state index is 4.79. The Morgan fingerprint density at radius 1 is 1.23 bits per heavy atom. The van der Waals surface area contributed by atoms with Crippen molar-refractivity contribution in [1.29, 1.82) is 0 Å². The highest BCUT2D eigenvalue weighted by Crippen LogP contribution is 2.24. The fourth-order valence-electron chi connectivity index (χ4n) is 3.47. The fraction of sp³-hybridized carbons (Fsp3) is 0.381. The van der Waals surface area contributed by atoms with Crippen molar-refractivity contribution in [2.45, 2.75) is 32.4 Å². The van der Waals surface area contributed by atoms with E-state index in [0.717, 1.165) is 49.8 Å². The van der Waals surface area contributed by atoms with Crippen LogP contribution in [0.15, 0.2) is 59.3 Å². The number of hydrogen-bond donors (Lipinski definition) is 2. The van der Waals surface area contributed by atoms with Crippen LogP contribution in [-0.2, 0) is 6.54 Å². The van der Waals surface area contributed by atoms with Gasteiger partial charge in [0, 0.05) is 44.3 Å². The van der Waals surface area contributed by atoms with Gasteiger partial charge in [0.15, 0.2) is 11.8 Å². The first kappa shape index (κ1) is 22.5. The summed E-state index contributed by atoms with van der Waals surface area (Å²) in [6, 6.07) is 10.7. The van der Waals surface area contributed by atoms with Gasteiger partial charge in [-0.25, -0.2) is 14.7 Å². The monoisotopic (exact) mass is 537 g/mol. The molecule has 1 saturated heterocycles. The number of nitrogens with zero attached hydrogens (tertiary/aromatic N) is 5. The van der Waals surface area contributed by atoms with E-state index in [4.69, 9.17) is 4.99 Å². The summed E-state index contributed by atoms with van der Waals surface area (Å²) < 4.78 is 1.76. The van der Waals surface area contributed by atoms with Crippen molar-refractivity contribution in [3.63, 3.8) is 0 Å². The minimum absolute atomic E-state index is 0. The molecule has 4 heterocycles. The van der Waals surface area contributed by atoms with E-state index in [1.165, 1.54) is 5.00 Å². The summed E-state index contributed by atoms with van der Waals surface area (Å²) in [5.74, 6) is 1.68. The molecular formula is C21H28IN7S. The molecule has 3 aromatic heterocycles. The summed E-state index contributed by atoms with van der Waals surface area (Å²) in [6.45, 7) is 5.69. The van der Waals surface area contributed by atoms with Crippen molar-refractivity contribution in [1.82, 2.24) is 25.4 Å². The molecule has 9 heteroatoms. The Morgan fingerprint density at radius 3 is 2.80 bits per heavy atom. The van der Waals surface area contributed by atoms with Gasteiger partial charge in [0.05, 0.1) is 11.5 Å². The first-order valence-electron chi connectivity index (χ1n) is 10.1. The van der Waals surface area contributed by atoms with E-state index in [0.29, 0.717) is 12.6 Å². The average molecular weight is 537 g/mol. The van der Waals surface area contributed by atoms with Gasteiger partial charge in [-0.05, 0) is 61.0 Å². The van der Waals surface area contributed by atoms with Crippen LogP contribution in [0.2, 0.25) is 0 Å².